The first-order valence-corrected chi connectivity index (χ1v) is 10.4. The van der Waals surface area contributed by atoms with Crippen LogP contribution in [0.25, 0.3) is 0 Å². The van der Waals surface area contributed by atoms with Gasteiger partial charge in [-0.2, -0.15) is 0 Å². The van der Waals surface area contributed by atoms with E-state index >= 15 is 0 Å². The fourth-order valence-electron chi connectivity index (χ4n) is 3.76. The van der Waals surface area contributed by atoms with Crippen molar-refractivity contribution in [2.75, 3.05) is 47.1 Å². The molecule has 0 aliphatic carbocycles. The lowest BCUT2D eigenvalue weighted by Crippen LogP contribution is -2.47. The normalized spacial score (nSPS) is 13.7. The summed E-state index contributed by atoms with van der Waals surface area (Å²) in [4.78, 5) is 25.2. The maximum atomic E-state index is 13.0. The van der Waals surface area contributed by atoms with Crippen molar-refractivity contribution in [3.63, 3.8) is 0 Å². The van der Waals surface area contributed by atoms with Crippen molar-refractivity contribution in [2.24, 2.45) is 0 Å². The summed E-state index contributed by atoms with van der Waals surface area (Å²) < 4.78 is 13.0. The fraction of sp³-hybridized carbons (Fsp3) is 0.261. The summed E-state index contributed by atoms with van der Waals surface area (Å²) in [6.45, 7) is 7.49. The molecule has 0 unspecified atom stereocenters. The van der Waals surface area contributed by atoms with Crippen molar-refractivity contribution in [1.29, 1.82) is 0 Å². The number of nitrogen functional groups attached to an aromatic ring is 1. The number of amides is 1. The van der Waals surface area contributed by atoms with Crippen molar-refractivity contribution in [1.82, 2.24) is 15.4 Å². The number of aromatic nitrogens is 2. The van der Waals surface area contributed by atoms with Crippen LogP contribution in [0, 0.1) is 19.7 Å². The third-order valence-corrected chi connectivity index (χ3v) is 5.76. The Morgan fingerprint density at radius 2 is 1.69 bits per heavy atom. The van der Waals surface area contributed by atoms with E-state index in [1.165, 1.54) is 47.4 Å². The van der Waals surface area contributed by atoms with Gasteiger partial charge in [0, 0.05) is 37.4 Å². The Hall–Kier alpha value is -3.88. The largest absolute Gasteiger partial charge is 0.393 e. The number of hydrazine groups is 1. The number of carbonyl (C=O) groups excluding carboxylic acids is 1. The van der Waals surface area contributed by atoms with Crippen LogP contribution in [0.2, 0.25) is 0 Å². The molecule has 0 bridgehead atoms. The van der Waals surface area contributed by atoms with Crippen LogP contribution < -0.4 is 26.4 Å². The van der Waals surface area contributed by atoms with E-state index < -0.39 is 11.7 Å². The van der Waals surface area contributed by atoms with Gasteiger partial charge in [0.2, 0.25) is 0 Å². The van der Waals surface area contributed by atoms with Crippen molar-refractivity contribution >= 4 is 28.9 Å². The average Bonchev–Trinajstić information content (AvgIpc) is 2.81. The third-order valence-electron chi connectivity index (χ3n) is 5.76. The summed E-state index contributed by atoms with van der Waals surface area (Å²) in [5, 5.41) is 0. The van der Waals surface area contributed by atoms with Crippen LogP contribution in [0.15, 0.2) is 48.8 Å². The highest BCUT2D eigenvalue weighted by atomic mass is 19.1. The molecule has 166 valence electrons. The number of hydrogen-bond donors (Lipinski definition) is 3. The first kappa shape index (κ1) is 21.4. The number of hydrogen-bond acceptors (Lipinski definition) is 7. The Morgan fingerprint density at radius 1 is 1.00 bits per heavy atom. The van der Waals surface area contributed by atoms with Crippen LogP contribution in [0.3, 0.4) is 0 Å². The molecular weight excluding hydrogens is 409 g/mol. The Kier molecular flexibility index (Phi) is 6.07. The zero-order chi connectivity index (χ0) is 22.7. The smallest absolute Gasteiger partial charge is 0.269 e. The third kappa shape index (κ3) is 4.41. The number of benzene rings is 2. The molecule has 0 radical (unpaired) electrons. The van der Waals surface area contributed by atoms with E-state index in [0.29, 0.717) is 22.9 Å². The minimum atomic E-state index is -0.424. The summed E-state index contributed by atoms with van der Waals surface area (Å²) in [6.07, 6.45) is 1.41. The second-order valence-electron chi connectivity index (χ2n) is 7.74. The summed E-state index contributed by atoms with van der Waals surface area (Å²) in [7, 11) is 0. The molecule has 4 N–H and O–H groups in total. The molecule has 1 amide bonds. The van der Waals surface area contributed by atoms with Gasteiger partial charge in [0.05, 0.1) is 0 Å². The Morgan fingerprint density at radius 3 is 2.41 bits per heavy atom. The van der Waals surface area contributed by atoms with E-state index in [1.807, 2.05) is 0 Å². The highest BCUT2D eigenvalue weighted by molar-refractivity contribution is 5.95. The van der Waals surface area contributed by atoms with Gasteiger partial charge in [0.25, 0.3) is 5.91 Å². The van der Waals surface area contributed by atoms with Crippen LogP contribution in [-0.4, -0.2) is 42.1 Å². The number of nitrogens with two attached hydrogens (primary N) is 1. The number of anilines is 4. The standard InChI is InChI=1S/C23H26FN7O/c1-15-4-3-5-19(16(15)2)30-10-12-31(13-11-30)22-20(25)21(26-14-27-22)28-29-23(32)17-6-8-18(24)9-7-17/h3-9,14H,10-13,25H2,1-2H3,(H,29,32)(H,26,27,28). The Labute approximate surface area is 186 Å². The van der Waals surface area contributed by atoms with Crippen molar-refractivity contribution in [3.05, 3.63) is 71.3 Å². The lowest BCUT2D eigenvalue weighted by molar-refractivity contribution is 0.0962. The molecule has 1 aromatic heterocycles. The van der Waals surface area contributed by atoms with Gasteiger partial charge in [-0.1, -0.05) is 12.1 Å². The molecule has 9 heteroatoms. The van der Waals surface area contributed by atoms with Gasteiger partial charge < -0.3 is 15.5 Å². The average molecular weight is 436 g/mol. The lowest BCUT2D eigenvalue weighted by atomic mass is 10.1. The molecule has 1 saturated heterocycles. The quantitative estimate of drug-likeness (QED) is 0.530. The summed E-state index contributed by atoms with van der Waals surface area (Å²) in [5.74, 6) is 0.102. The number of nitrogens with one attached hydrogen (secondary N) is 2. The Bertz CT molecular complexity index is 1110. The molecule has 2 heterocycles. The second kappa shape index (κ2) is 9.09. The van der Waals surface area contributed by atoms with E-state index in [2.05, 4.69) is 62.7 Å². The van der Waals surface area contributed by atoms with Crippen LogP contribution in [0.5, 0.6) is 0 Å². The number of carbonyl (C=O) groups is 1. The van der Waals surface area contributed by atoms with E-state index in [0.717, 1.165) is 26.2 Å². The minimum absolute atomic E-state index is 0.308. The zero-order valence-corrected chi connectivity index (χ0v) is 18.1. The van der Waals surface area contributed by atoms with Crippen molar-refractivity contribution in [2.45, 2.75) is 13.8 Å². The molecule has 2 aromatic carbocycles. The molecule has 1 fully saturated rings. The summed E-state index contributed by atoms with van der Waals surface area (Å²) >= 11 is 0. The fourth-order valence-corrected chi connectivity index (χ4v) is 3.76. The minimum Gasteiger partial charge on any atom is -0.393 e. The first-order chi connectivity index (χ1) is 15.4. The molecule has 1 aliphatic rings. The molecule has 0 atom stereocenters. The predicted octanol–water partition coefficient (Wildman–Crippen LogP) is 2.90. The SMILES string of the molecule is Cc1cccc(N2CCN(c3ncnc(NNC(=O)c4ccc(F)cc4)c3N)CC2)c1C. The number of nitrogens with zero attached hydrogens (tertiary/aromatic N) is 4. The van der Waals surface area contributed by atoms with Crippen molar-refractivity contribution in [3.8, 4) is 0 Å². The van der Waals surface area contributed by atoms with E-state index in [-0.39, 0.29) is 0 Å². The van der Waals surface area contributed by atoms with Gasteiger partial charge in [-0.3, -0.25) is 15.6 Å². The molecule has 8 nitrogen and oxygen atoms in total. The van der Waals surface area contributed by atoms with Gasteiger partial charge in [-0.15, -0.1) is 0 Å². The summed E-state index contributed by atoms with van der Waals surface area (Å²) in [6, 6.07) is 11.6. The predicted molar refractivity (Wildman–Crippen MR) is 124 cm³/mol. The molecule has 4 rings (SSSR count). The Balaban J connectivity index is 1.41. The van der Waals surface area contributed by atoms with Crippen LogP contribution in [0.4, 0.5) is 27.4 Å². The van der Waals surface area contributed by atoms with Gasteiger partial charge in [-0.05, 0) is 55.3 Å². The second-order valence-corrected chi connectivity index (χ2v) is 7.74. The van der Waals surface area contributed by atoms with Gasteiger partial charge >= 0.3 is 0 Å². The van der Waals surface area contributed by atoms with Crippen LogP contribution >= 0.6 is 0 Å². The number of halogens is 1. The van der Waals surface area contributed by atoms with E-state index in [1.54, 1.807) is 0 Å². The van der Waals surface area contributed by atoms with Crippen molar-refractivity contribution < 1.29 is 9.18 Å². The molecule has 3 aromatic rings. The van der Waals surface area contributed by atoms with Crippen LogP contribution in [-0.2, 0) is 0 Å². The number of aryl methyl sites for hydroxylation is 1. The summed E-state index contributed by atoms with van der Waals surface area (Å²) in [5.41, 5.74) is 16.1. The first-order valence-electron chi connectivity index (χ1n) is 10.4. The van der Waals surface area contributed by atoms with E-state index in [4.69, 9.17) is 5.73 Å². The van der Waals surface area contributed by atoms with Gasteiger partial charge in [0.1, 0.15) is 17.8 Å². The highest BCUT2D eigenvalue weighted by Gasteiger charge is 2.22. The van der Waals surface area contributed by atoms with Gasteiger partial charge in [-0.25, -0.2) is 14.4 Å². The zero-order valence-electron chi connectivity index (χ0n) is 18.1. The maximum absolute atomic E-state index is 13.0. The molecule has 0 saturated carbocycles. The van der Waals surface area contributed by atoms with E-state index in [9.17, 15) is 9.18 Å². The monoisotopic (exact) mass is 435 g/mol. The molecular formula is C23H26FN7O. The lowest BCUT2D eigenvalue weighted by Gasteiger charge is -2.38. The topological polar surface area (TPSA) is 99.4 Å². The van der Waals surface area contributed by atoms with Gasteiger partial charge in [0.15, 0.2) is 11.6 Å². The van der Waals surface area contributed by atoms with Crippen LogP contribution in [0.1, 0.15) is 21.5 Å². The number of rotatable bonds is 5. The maximum Gasteiger partial charge on any atom is 0.269 e. The highest BCUT2D eigenvalue weighted by Crippen LogP contribution is 2.29. The molecule has 0 spiro atoms. The number of piperazine rings is 1. The molecule has 1 aliphatic heterocycles. The molecule has 32 heavy (non-hydrogen) atoms.